The molecule has 0 bridgehead atoms. The average Bonchev–Trinajstić information content (AvgIpc) is 2.62. The third kappa shape index (κ3) is 4.81. The number of carbonyl (C=O) groups is 2. The highest BCUT2D eigenvalue weighted by Crippen LogP contribution is 2.47. The normalized spacial score (nSPS) is 16.3. The minimum atomic E-state index is -0.865. The second kappa shape index (κ2) is 8.10. The van der Waals surface area contributed by atoms with Gasteiger partial charge in [0.2, 0.25) is 0 Å². The summed E-state index contributed by atoms with van der Waals surface area (Å²) in [5, 5.41) is 8.90. The van der Waals surface area contributed by atoms with Crippen molar-refractivity contribution in [1.82, 2.24) is 0 Å². The summed E-state index contributed by atoms with van der Waals surface area (Å²) in [6.45, 7) is 12.5. The van der Waals surface area contributed by atoms with E-state index in [9.17, 15) is 9.59 Å². The highest BCUT2D eigenvalue weighted by Gasteiger charge is 2.40. The molecule has 1 heterocycles. The molecule has 2 aromatic rings. The highest BCUT2D eigenvalue weighted by molar-refractivity contribution is 5.98. The first-order chi connectivity index (χ1) is 14.0. The maximum Gasteiger partial charge on any atom is 0.307 e. The van der Waals surface area contributed by atoms with E-state index in [2.05, 4.69) is 34.3 Å². The molecule has 3 rings (SSSR count). The molecule has 0 saturated heterocycles. The van der Waals surface area contributed by atoms with Gasteiger partial charge < -0.3 is 9.84 Å². The van der Waals surface area contributed by atoms with Gasteiger partial charge in [-0.15, -0.1) is 6.58 Å². The summed E-state index contributed by atoms with van der Waals surface area (Å²) >= 11 is 0. The number of carbonyl (C=O) groups excluding carboxylic acids is 1. The van der Waals surface area contributed by atoms with E-state index in [1.165, 1.54) is 0 Å². The van der Waals surface area contributed by atoms with Crippen LogP contribution >= 0.6 is 0 Å². The molecule has 0 amide bonds. The summed E-state index contributed by atoms with van der Waals surface area (Å²) in [5.41, 5.74) is 3.95. The summed E-state index contributed by atoms with van der Waals surface area (Å²) in [5.74, 6) is 0.0519. The van der Waals surface area contributed by atoms with Gasteiger partial charge in [0.05, 0.1) is 6.42 Å². The first-order valence-corrected chi connectivity index (χ1v) is 10.3. The van der Waals surface area contributed by atoms with Crippen molar-refractivity contribution in [1.29, 1.82) is 0 Å². The molecule has 2 aromatic carbocycles. The summed E-state index contributed by atoms with van der Waals surface area (Å²) in [6.07, 6.45) is 3.59. The van der Waals surface area contributed by atoms with Crippen molar-refractivity contribution in [2.75, 3.05) is 0 Å². The van der Waals surface area contributed by atoms with Gasteiger partial charge in [-0.2, -0.15) is 0 Å². The topological polar surface area (TPSA) is 63.6 Å². The Balaban J connectivity index is 1.92. The Bertz CT molecular complexity index is 981. The van der Waals surface area contributed by atoms with Crippen molar-refractivity contribution >= 4 is 11.8 Å². The molecular formula is C26H30O4. The van der Waals surface area contributed by atoms with Crippen LogP contribution in [0.3, 0.4) is 0 Å². The Hall–Kier alpha value is -2.88. The third-order valence-corrected chi connectivity index (χ3v) is 5.57. The Labute approximate surface area is 178 Å². The van der Waals surface area contributed by atoms with E-state index in [1.54, 1.807) is 12.1 Å². The van der Waals surface area contributed by atoms with E-state index in [4.69, 9.17) is 9.84 Å². The molecule has 4 nitrogen and oxygen atoms in total. The van der Waals surface area contributed by atoms with Crippen LogP contribution in [0.15, 0.2) is 49.1 Å². The van der Waals surface area contributed by atoms with Crippen LogP contribution in [0.25, 0.3) is 0 Å². The number of carboxylic acid groups (broad SMARTS) is 1. The molecule has 1 aliphatic rings. The maximum absolute atomic E-state index is 13.1. The van der Waals surface area contributed by atoms with Gasteiger partial charge in [0.1, 0.15) is 11.4 Å². The minimum Gasteiger partial charge on any atom is -0.487 e. The zero-order valence-corrected chi connectivity index (χ0v) is 18.2. The number of carboxylic acids is 1. The first kappa shape index (κ1) is 21.8. The fourth-order valence-corrected chi connectivity index (χ4v) is 4.49. The molecule has 0 spiro atoms. The average molecular weight is 407 g/mol. The Kier molecular flexibility index (Phi) is 5.89. The van der Waals surface area contributed by atoms with E-state index >= 15 is 0 Å². The fourth-order valence-electron chi connectivity index (χ4n) is 4.49. The van der Waals surface area contributed by atoms with Crippen molar-refractivity contribution in [2.45, 2.75) is 64.4 Å². The Morgan fingerprint density at radius 3 is 2.23 bits per heavy atom. The number of ketones is 1. The van der Waals surface area contributed by atoms with Gasteiger partial charge in [0, 0.05) is 17.5 Å². The number of rotatable bonds is 7. The molecule has 158 valence electrons. The molecule has 0 saturated carbocycles. The van der Waals surface area contributed by atoms with Crippen LogP contribution in [0.4, 0.5) is 0 Å². The third-order valence-electron chi connectivity index (χ3n) is 5.57. The molecule has 4 heteroatoms. The van der Waals surface area contributed by atoms with Crippen molar-refractivity contribution in [3.8, 4) is 5.75 Å². The number of allylic oxidation sites excluding steroid dienone is 1. The predicted molar refractivity (Wildman–Crippen MR) is 119 cm³/mol. The lowest BCUT2D eigenvalue weighted by Gasteiger charge is -2.43. The number of fused-ring (bicyclic) bond motifs is 1. The SMILES string of the molecule is C=CCc1cc(C(=O)Cc2ccc(CC(=O)O)cc2)cc2c1OC(C)(C)CC2(C)C. The van der Waals surface area contributed by atoms with Gasteiger partial charge in [-0.1, -0.05) is 44.2 Å². The van der Waals surface area contributed by atoms with Crippen LogP contribution in [0.5, 0.6) is 5.75 Å². The number of benzene rings is 2. The highest BCUT2D eigenvalue weighted by atomic mass is 16.5. The van der Waals surface area contributed by atoms with Crippen molar-refractivity contribution in [2.24, 2.45) is 0 Å². The number of hydrogen-bond donors (Lipinski definition) is 1. The predicted octanol–water partition coefficient (Wildman–Crippen LogP) is 5.31. The van der Waals surface area contributed by atoms with E-state index in [0.29, 0.717) is 12.0 Å². The molecule has 0 fully saturated rings. The summed E-state index contributed by atoms with van der Waals surface area (Å²) < 4.78 is 6.33. The second-order valence-electron chi connectivity index (χ2n) is 9.41. The molecular weight excluding hydrogens is 376 g/mol. The van der Waals surface area contributed by atoms with Crippen molar-refractivity contribution in [3.05, 3.63) is 76.9 Å². The van der Waals surface area contributed by atoms with Crippen LogP contribution in [0.1, 0.15) is 66.7 Å². The smallest absolute Gasteiger partial charge is 0.307 e. The molecule has 30 heavy (non-hydrogen) atoms. The second-order valence-corrected chi connectivity index (χ2v) is 9.41. The van der Waals surface area contributed by atoms with Gasteiger partial charge in [0.15, 0.2) is 5.78 Å². The van der Waals surface area contributed by atoms with E-state index in [1.807, 2.05) is 30.3 Å². The lowest BCUT2D eigenvalue weighted by molar-refractivity contribution is -0.136. The van der Waals surface area contributed by atoms with Crippen LogP contribution in [-0.4, -0.2) is 22.5 Å². The fraction of sp³-hybridized carbons (Fsp3) is 0.385. The molecule has 1 N–H and O–H groups in total. The number of ether oxygens (including phenoxy) is 1. The minimum absolute atomic E-state index is 0.0185. The zero-order chi connectivity index (χ0) is 22.1. The number of Topliss-reactive ketones (excluding diaryl/α,β-unsaturated/α-hetero) is 1. The van der Waals surface area contributed by atoms with Crippen LogP contribution in [0.2, 0.25) is 0 Å². The lowest BCUT2D eigenvalue weighted by Crippen LogP contribution is -2.42. The Morgan fingerprint density at radius 2 is 1.67 bits per heavy atom. The quantitative estimate of drug-likeness (QED) is 0.500. The molecule has 0 radical (unpaired) electrons. The van der Waals surface area contributed by atoms with E-state index in [-0.39, 0.29) is 29.6 Å². The van der Waals surface area contributed by atoms with Gasteiger partial charge in [-0.05, 0) is 60.9 Å². The van der Waals surface area contributed by atoms with Crippen LogP contribution in [0, 0.1) is 0 Å². The first-order valence-electron chi connectivity index (χ1n) is 10.3. The lowest BCUT2D eigenvalue weighted by atomic mass is 9.72. The summed E-state index contributed by atoms with van der Waals surface area (Å²) in [4.78, 5) is 23.9. The summed E-state index contributed by atoms with van der Waals surface area (Å²) in [6, 6.07) is 11.1. The standard InChI is InChI=1S/C26H30O4/c1-6-7-19-14-20(15-21-24(19)30-26(4,5)16-25(21,2)3)22(27)12-17-8-10-18(11-9-17)13-23(28)29/h6,8-11,14-15H,1,7,12-13,16H2,2-5H3,(H,28,29). The van der Waals surface area contributed by atoms with Gasteiger partial charge >= 0.3 is 5.97 Å². The van der Waals surface area contributed by atoms with Gasteiger partial charge in [-0.25, -0.2) is 0 Å². The molecule has 0 unspecified atom stereocenters. The maximum atomic E-state index is 13.1. The van der Waals surface area contributed by atoms with Crippen LogP contribution in [-0.2, 0) is 29.5 Å². The van der Waals surface area contributed by atoms with Crippen LogP contribution < -0.4 is 4.74 Å². The Morgan fingerprint density at radius 1 is 1.07 bits per heavy atom. The van der Waals surface area contributed by atoms with Crippen molar-refractivity contribution < 1.29 is 19.4 Å². The van der Waals surface area contributed by atoms with Crippen molar-refractivity contribution in [3.63, 3.8) is 0 Å². The monoisotopic (exact) mass is 406 g/mol. The zero-order valence-electron chi connectivity index (χ0n) is 18.2. The number of hydrogen-bond acceptors (Lipinski definition) is 3. The van der Waals surface area contributed by atoms with Gasteiger partial charge in [-0.3, -0.25) is 9.59 Å². The van der Waals surface area contributed by atoms with E-state index < -0.39 is 5.97 Å². The summed E-state index contributed by atoms with van der Waals surface area (Å²) in [7, 11) is 0. The largest absolute Gasteiger partial charge is 0.487 e. The molecule has 0 aliphatic carbocycles. The van der Waals surface area contributed by atoms with Gasteiger partial charge in [0.25, 0.3) is 0 Å². The molecule has 1 aliphatic heterocycles. The number of aliphatic carboxylic acids is 1. The molecule has 0 atom stereocenters. The molecule has 0 aromatic heterocycles. The van der Waals surface area contributed by atoms with E-state index in [0.717, 1.165) is 34.4 Å².